The van der Waals surface area contributed by atoms with Gasteiger partial charge in [0.25, 0.3) is 0 Å². The van der Waals surface area contributed by atoms with Crippen LogP contribution in [-0.2, 0) is 0 Å². The summed E-state index contributed by atoms with van der Waals surface area (Å²) in [6.07, 6.45) is -0.913. The lowest BCUT2D eigenvalue weighted by molar-refractivity contribution is 0.194. The van der Waals surface area contributed by atoms with Gasteiger partial charge in [-0.2, -0.15) is 0 Å². The SMILES string of the molecule is C[C@H](O)c1cccc(F)c1Oc1ccc(Br)cc1F. The lowest BCUT2D eigenvalue weighted by atomic mass is 10.1. The van der Waals surface area contributed by atoms with Gasteiger partial charge in [-0.15, -0.1) is 0 Å². The number of hydrogen-bond acceptors (Lipinski definition) is 2. The maximum Gasteiger partial charge on any atom is 0.168 e. The molecule has 100 valence electrons. The molecule has 2 nitrogen and oxygen atoms in total. The molecule has 0 bridgehead atoms. The second-order valence-corrected chi connectivity index (χ2v) is 4.93. The predicted octanol–water partition coefficient (Wildman–Crippen LogP) is 4.57. The maximum absolute atomic E-state index is 13.7. The molecule has 0 saturated heterocycles. The molecule has 0 spiro atoms. The molecule has 0 saturated carbocycles. The normalized spacial score (nSPS) is 12.3. The number of para-hydroxylation sites is 1. The van der Waals surface area contributed by atoms with Crippen molar-refractivity contribution in [2.75, 3.05) is 0 Å². The molecule has 0 fully saturated rings. The summed E-state index contributed by atoms with van der Waals surface area (Å²) in [5, 5.41) is 9.57. The molecule has 0 aliphatic heterocycles. The van der Waals surface area contributed by atoms with Gasteiger partial charge < -0.3 is 9.84 Å². The number of aliphatic hydroxyl groups is 1. The van der Waals surface area contributed by atoms with Crippen LogP contribution in [0.15, 0.2) is 40.9 Å². The minimum atomic E-state index is -0.913. The van der Waals surface area contributed by atoms with Crippen LogP contribution in [0.1, 0.15) is 18.6 Å². The van der Waals surface area contributed by atoms with E-state index in [1.54, 1.807) is 6.07 Å². The van der Waals surface area contributed by atoms with E-state index >= 15 is 0 Å². The molecule has 0 heterocycles. The number of benzene rings is 2. The van der Waals surface area contributed by atoms with Gasteiger partial charge in [0.15, 0.2) is 23.1 Å². The zero-order valence-corrected chi connectivity index (χ0v) is 11.6. The fourth-order valence-electron chi connectivity index (χ4n) is 1.63. The van der Waals surface area contributed by atoms with Crippen LogP contribution < -0.4 is 4.74 Å². The van der Waals surface area contributed by atoms with Crippen LogP contribution in [0.2, 0.25) is 0 Å². The maximum atomic E-state index is 13.7. The molecule has 5 heteroatoms. The average molecular weight is 329 g/mol. The number of aliphatic hydroxyl groups excluding tert-OH is 1. The molecule has 1 atom stereocenters. The molecular weight excluding hydrogens is 318 g/mol. The Morgan fingerprint density at radius 3 is 2.53 bits per heavy atom. The molecule has 2 rings (SSSR count). The number of halogens is 3. The van der Waals surface area contributed by atoms with Crippen LogP contribution in [0.3, 0.4) is 0 Å². The van der Waals surface area contributed by atoms with Crippen molar-refractivity contribution in [2.45, 2.75) is 13.0 Å². The Morgan fingerprint density at radius 2 is 1.89 bits per heavy atom. The summed E-state index contributed by atoms with van der Waals surface area (Å²) in [6, 6.07) is 8.37. The summed E-state index contributed by atoms with van der Waals surface area (Å²) in [5.41, 5.74) is 0.266. The van der Waals surface area contributed by atoms with E-state index in [1.807, 2.05) is 0 Å². The van der Waals surface area contributed by atoms with Crippen molar-refractivity contribution in [2.24, 2.45) is 0 Å². The highest BCUT2D eigenvalue weighted by atomic mass is 79.9. The van der Waals surface area contributed by atoms with Gasteiger partial charge in [-0.05, 0) is 31.2 Å². The molecule has 2 aromatic rings. The summed E-state index contributed by atoms with van der Waals surface area (Å²) >= 11 is 3.12. The Bertz CT molecular complexity index is 600. The van der Waals surface area contributed by atoms with Crippen molar-refractivity contribution < 1.29 is 18.6 Å². The van der Waals surface area contributed by atoms with Gasteiger partial charge >= 0.3 is 0 Å². The monoisotopic (exact) mass is 328 g/mol. The number of hydrogen-bond donors (Lipinski definition) is 1. The van der Waals surface area contributed by atoms with Crippen LogP contribution in [0.25, 0.3) is 0 Å². The molecule has 0 aliphatic carbocycles. The Balaban J connectivity index is 2.43. The predicted molar refractivity (Wildman–Crippen MR) is 71.2 cm³/mol. The molecule has 1 N–H and O–H groups in total. The standard InChI is InChI=1S/C14H11BrF2O2/c1-8(18)10-3-2-4-11(16)14(10)19-13-6-5-9(15)7-12(13)17/h2-8,18H,1H3/t8-/m0/s1. The fraction of sp³-hybridized carbons (Fsp3) is 0.143. The summed E-state index contributed by atoms with van der Waals surface area (Å²) in [7, 11) is 0. The first-order valence-electron chi connectivity index (χ1n) is 5.58. The molecule has 0 unspecified atom stereocenters. The summed E-state index contributed by atoms with van der Waals surface area (Å²) in [6.45, 7) is 1.49. The Hall–Kier alpha value is -1.46. The van der Waals surface area contributed by atoms with Gasteiger partial charge in [0.1, 0.15) is 0 Å². The highest BCUT2D eigenvalue weighted by Gasteiger charge is 2.16. The summed E-state index contributed by atoms with van der Waals surface area (Å²) in [4.78, 5) is 0. The second-order valence-electron chi connectivity index (χ2n) is 4.01. The van der Waals surface area contributed by atoms with Crippen molar-refractivity contribution >= 4 is 15.9 Å². The van der Waals surface area contributed by atoms with Crippen molar-refractivity contribution in [3.8, 4) is 11.5 Å². The van der Waals surface area contributed by atoms with Crippen molar-refractivity contribution in [3.05, 3.63) is 58.1 Å². The lowest BCUT2D eigenvalue weighted by Gasteiger charge is -2.14. The first-order chi connectivity index (χ1) is 8.99. The Kier molecular flexibility index (Phi) is 4.17. The summed E-state index contributed by atoms with van der Waals surface area (Å²) in [5.74, 6) is -1.54. The fourth-order valence-corrected chi connectivity index (χ4v) is 1.96. The van der Waals surface area contributed by atoms with Crippen LogP contribution in [-0.4, -0.2) is 5.11 Å². The van der Waals surface area contributed by atoms with Crippen molar-refractivity contribution in [1.29, 1.82) is 0 Å². The molecule has 0 aromatic heterocycles. The van der Waals surface area contributed by atoms with Gasteiger partial charge in [0.2, 0.25) is 0 Å². The molecule has 0 radical (unpaired) electrons. The highest BCUT2D eigenvalue weighted by Crippen LogP contribution is 2.34. The van der Waals surface area contributed by atoms with Gasteiger partial charge in [-0.25, -0.2) is 8.78 Å². The van der Waals surface area contributed by atoms with E-state index in [0.29, 0.717) is 4.47 Å². The Morgan fingerprint density at radius 1 is 1.16 bits per heavy atom. The van der Waals surface area contributed by atoms with E-state index in [-0.39, 0.29) is 17.1 Å². The molecule has 2 aromatic carbocycles. The first kappa shape index (κ1) is 14.0. The zero-order chi connectivity index (χ0) is 14.0. The van der Waals surface area contributed by atoms with E-state index in [0.717, 1.165) is 0 Å². The van der Waals surface area contributed by atoms with Crippen LogP contribution in [0.5, 0.6) is 11.5 Å². The van der Waals surface area contributed by atoms with E-state index in [2.05, 4.69) is 15.9 Å². The lowest BCUT2D eigenvalue weighted by Crippen LogP contribution is -1.99. The zero-order valence-electron chi connectivity index (χ0n) is 10.0. The van der Waals surface area contributed by atoms with E-state index in [4.69, 9.17) is 4.74 Å². The van der Waals surface area contributed by atoms with E-state index in [9.17, 15) is 13.9 Å². The third-order valence-electron chi connectivity index (χ3n) is 2.55. The topological polar surface area (TPSA) is 29.5 Å². The highest BCUT2D eigenvalue weighted by molar-refractivity contribution is 9.10. The second kappa shape index (κ2) is 5.67. The Labute approximate surface area is 117 Å². The van der Waals surface area contributed by atoms with Gasteiger partial charge in [-0.1, -0.05) is 28.1 Å². The molecular formula is C14H11BrF2O2. The summed E-state index contributed by atoms with van der Waals surface area (Å²) < 4.78 is 33.2. The van der Waals surface area contributed by atoms with Crippen LogP contribution in [0, 0.1) is 11.6 Å². The minimum absolute atomic E-state index is 0.102. The number of rotatable bonds is 3. The van der Waals surface area contributed by atoms with Crippen molar-refractivity contribution in [1.82, 2.24) is 0 Å². The van der Waals surface area contributed by atoms with Crippen LogP contribution >= 0.6 is 15.9 Å². The average Bonchev–Trinajstić information content (AvgIpc) is 2.34. The van der Waals surface area contributed by atoms with Crippen LogP contribution in [0.4, 0.5) is 8.78 Å². The quantitative estimate of drug-likeness (QED) is 0.894. The van der Waals surface area contributed by atoms with Gasteiger partial charge in [-0.3, -0.25) is 0 Å². The first-order valence-corrected chi connectivity index (χ1v) is 6.37. The third-order valence-corrected chi connectivity index (χ3v) is 3.05. The van der Waals surface area contributed by atoms with E-state index in [1.165, 1.54) is 37.3 Å². The van der Waals surface area contributed by atoms with Crippen molar-refractivity contribution in [3.63, 3.8) is 0 Å². The number of ether oxygens (including phenoxy) is 1. The van der Waals surface area contributed by atoms with E-state index < -0.39 is 17.7 Å². The van der Waals surface area contributed by atoms with Gasteiger partial charge in [0.05, 0.1) is 6.10 Å². The molecule has 19 heavy (non-hydrogen) atoms. The minimum Gasteiger partial charge on any atom is -0.451 e. The molecule has 0 aliphatic rings. The molecule has 0 amide bonds. The van der Waals surface area contributed by atoms with Gasteiger partial charge in [0, 0.05) is 10.0 Å². The third kappa shape index (κ3) is 3.11. The smallest absolute Gasteiger partial charge is 0.168 e. The largest absolute Gasteiger partial charge is 0.451 e.